The van der Waals surface area contributed by atoms with Crippen molar-refractivity contribution in [3.05, 3.63) is 36.4 Å². The SMILES string of the molecule is COc1ccc(NC(=O)[C@@H]2[C@@H]3C=C[C@]4(O3)[C@@H]2C(=O)N([C@@H]2CCC[C@H](C)[C@H]2C)[C@H]4C(=O)N[C@@H]2CCC[C@H](C)[C@@H]2C)cc1. The molecular weight excluding hydrogens is 518 g/mol. The smallest absolute Gasteiger partial charge is 0.246 e. The van der Waals surface area contributed by atoms with Crippen LogP contribution in [0.5, 0.6) is 5.75 Å². The number of amides is 3. The number of carbonyl (C=O) groups excluding carboxylic acids is 3. The molecule has 3 aliphatic heterocycles. The fraction of sp³-hybridized carbons (Fsp3) is 0.667. The number of hydrogen-bond acceptors (Lipinski definition) is 5. The average molecular weight is 564 g/mol. The van der Waals surface area contributed by atoms with Gasteiger partial charge in [0.2, 0.25) is 17.7 Å². The third-order valence-electron chi connectivity index (χ3n) is 11.3. The minimum atomic E-state index is -1.14. The second kappa shape index (κ2) is 10.8. The van der Waals surface area contributed by atoms with E-state index in [2.05, 4.69) is 38.3 Å². The average Bonchev–Trinajstić information content (AvgIpc) is 3.60. The van der Waals surface area contributed by atoms with Crippen molar-refractivity contribution in [2.45, 2.75) is 96.1 Å². The number of benzene rings is 1. The fourth-order valence-corrected chi connectivity index (χ4v) is 8.46. The zero-order valence-corrected chi connectivity index (χ0v) is 25.0. The van der Waals surface area contributed by atoms with Gasteiger partial charge in [-0.05, 0) is 60.8 Å². The van der Waals surface area contributed by atoms with Crippen LogP contribution in [-0.4, -0.2) is 59.6 Å². The summed E-state index contributed by atoms with van der Waals surface area (Å²) in [6.45, 7) is 8.92. The Kier molecular flexibility index (Phi) is 7.41. The van der Waals surface area contributed by atoms with E-state index in [1.54, 1.807) is 31.4 Å². The minimum absolute atomic E-state index is 0.0639. The quantitative estimate of drug-likeness (QED) is 0.495. The summed E-state index contributed by atoms with van der Waals surface area (Å²) in [7, 11) is 1.60. The lowest BCUT2D eigenvalue weighted by Gasteiger charge is -2.44. The lowest BCUT2D eigenvalue weighted by atomic mass is 9.73. The lowest BCUT2D eigenvalue weighted by Crippen LogP contribution is -2.61. The first-order valence-electron chi connectivity index (χ1n) is 15.6. The zero-order chi connectivity index (χ0) is 29.1. The highest BCUT2D eigenvalue weighted by molar-refractivity contribution is 6.03. The van der Waals surface area contributed by atoms with E-state index >= 15 is 0 Å². The van der Waals surface area contributed by atoms with Gasteiger partial charge in [0.25, 0.3) is 0 Å². The lowest BCUT2D eigenvalue weighted by molar-refractivity contribution is -0.146. The highest BCUT2D eigenvalue weighted by Crippen LogP contribution is 2.57. The fourth-order valence-electron chi connectivity index (χ4n) is 8.46. The van der Waals surface area contributed by atoms with Gasteiger partial charge in [0.1, 0.15) is 17.4 Å². The van der Waals surface area contributed by atoms with Crippen LogP contribution in [0.1, 0.15) is 66.2 Å². The number of likely N-dealkylation sites (tertiary alicyclic amines) is 1. The Morgan fingerprint density at radius 1 is 0.951 bits per heavy atom. The van der Waals surface area contributed by atoms with Crippen molar-refractivity contribution < 1.29 is 23.9 Å². The van der Waals surface area contributed by atoms with Crippen LogP contribution in [-0.2, 0) is 19.1 Å². The van der Waals surface area contributed by atoms with E-state index in [9.17, 15) is 14.4 Å². The van der Waals surface area contributed by atoms with Crippen molar-refractivity contribution in [2.75, 3.05) is 12.4 Å². The molecule has 1 aromatic rings. The van der Waals surface area contributed by atoms with Crippen LogP contribution in [0.2, 0.25) is 0 Å². The zero-order valence-electron chi connectivity index (χ0n) is 25.0. The number of fused-ring (bicyclic) bond motifs is 1. The van der Waals surface area contributed by atoms with Gasteiger partial charge in [0.15, 0.2) is 0 Å². The monoisotopic (exact) mass is 563 g/mol. The Hall–Kier alpha value is -2.87. The number of methoxy groups -OCH3 is 1. The molecule has 2 N–H and O–H groups in total. The number of ether oxygens (including phenoxy) is 2. The van der Waals surface area contributed by atoms with Gasteiger partial charge in [0.05, 0.1) is 25.0 Å². The molecular formula is C33H45N3O5. The maximum atomic E-state index is 14.5. The van der Waals surface area contributed by atoms with E-state index in [-0.39, 0.29) is 35.7 Å². The Labute approximate surface area is 243 Å². The number of carbonyl (C=O) groups is 3. The van der Waals surface area contributed by atoms with E-state index in [1.165, 1.54) is 6.42 Å². The predicted molar refractivity (Wildman–Crippen MR) is 156 cm³/mol. The van der Waals surface area contributed by atoms with E-state index < -0.39 is 29.6 Å². The van der Waals surface area contributed by atoms with Crippen molar-refractivity contribution in [3.8, 4) is 5.75 Å². The summed E-state index contributed by atoms with van der Waals surface area (Å²) in [5.41, 5.74) is -0.513. The van der Waals surface area contributed by atoms with E-state index in [4.69, 9.17) is 9.47 Å². The van der Waals surface area contributed by atoms with Crippen LogP contribution in [0.4, 0.5) is 5.69 Å². The molecule has 0 radical (unpaired) electrons. The van der Waals surface area contributed by atoms with Gasteiger partial charge in [0, 0.05) is 17.8 Å². The summed E-state index contributed by atoms with van der Waals surface area (Å²) in [6, 6.07) is 6.36. The van der Waals surface area contributed by atoms with Crippen LogP contribution in [0, 0.1) is 35.5 Å². The van der Waals surface area contributed by atoms with Crippen LogP contribution in [0.25, 0.3) is 0 Å². The summed E-state index contributed by atoms with van der Waals surface area (Å²) < 4.78 is 11.8. The number of anilines is 1. The second-order valence-corrected chi connectivity index (χ2v) is 13.4. The molecule has 222 valence electrons. The van der Waals surface area contributed by atoms with Crippen molar-refractivity contribution in [1.82, 2.24) is 10.2 Å². The van der Waals surface area contributed by atoms with Crippen molar-refractivity contribution >= 4 is 23.4 Å². The number of nitrogens with one attached hydrogen (secondary N) is 2. The van der Waals surface area contributed by atoms with Crippen LogP contribution < -0.4 is 15.4 Å². The van der Waals surface area contributed by atoms with Crippen LogP contribution in [0.3, 0.4) is 0 Å². The van der Waals surface area contributed by atoms with Gasteiger partial charge in [-0.15, -0.1) is 0 Å². The molecule has 6 rings (SSSR count). The predicted octanol–water partition coefficient (Wildman–Crippen LogP) is 4.55. The first-order valence-corrected chi connectivity index (χ1v) is 15.6. The van der Waals surface area contributed by atoms with Crippen molar-refractivity contribution in [1.29, 1.82) is 0 Å². The van der Waals surface area contributed by atoms with Crippen LogP contribution in [0.15, 0.2) is 36.4 Å². The van der Waals surface area contributed by atoms with Crippen molar-refractivity contribution in [2.24, 2.45) is 35.5 Å². The van der Waals surface area contributed by atoms with Crippen molar-refractivity contribution in [3.63, 3.8) is 0 Å². The summed E-state index contributed by atoms with van der Waals surface area (Å²) in [5.74, 6) is 0.320. The maximum absolute atomic E-state index is 14.5. The van der Waals surface area contributed by atoms with Gasteiger partial charge in [-0.2, -0.15) is 0 Å². The number of nitrogens with zero attached hydrogens (tertiary/aromatic N) is 1. The van der Waals surface area contributed by atoms with Crippen LogP contribution >= 0.6 is 0 Å². The highest BCUT2D eigenvalue weighted by Gasteiger charge is 2.73. The largest absolute Gasteiger partial charge is 0.497 e. The third-order valence-corrected chi connectivity index (χ3v) is 11.3. The highest BCUT2D eigenvalue weighted by atomic mass is 16.5. The molecule has 5 aliphatic rings. The topological polar surface area (TPSA) is 97.0 Å². The molecule has 4 fully saturated rings. The van der Waals surface area contributed by atoms with Gasteiger partial charge in [-0.25, -0.2) is 0 Å². The Morgan fingerprint density at radius 3 is 2.34 bits per heavy atom. The molecule has 8 heteroatoms. The Bertz CT molecular complexity index is 1220. The molecule has 2 bridgehead atoms. The standard InChI is InChI=1S/C33H45N3O5/c1-18-8-6-10-24(20(18)3)35-31(38)29-33-17-16-26(41-33)27(30(37)34-22-12-14-23(40-5)15-13-22)28(33)32(39)36(29)25-11-7-9-19(2)21(25)4/h12-21,24-29H,6-11H2,1-5H3,(H,34,37)(H,35,38)/t18-,19-,20-,21+,24+,25+,26-,27+,28-,29-,33-/m0/s1. The van der Waals surface area contributed by atoms with Gasteiger partial charge < -0.3 is 25.0 Å². The molecule has 1 aromatic carbocycles. The van der Waals surface area contributed by atoms with Gasteiger partial charge in [-0.1, -0.05) is 65.5 Å². The van der Waals surface area contributed by atoms with Gasteiger partial charge in [-0.3, -0.25) is 14.4 Å². The Morgan fingerprint density at radius 2 is 1.63 bits per heavy atom. The molecule has 41 heavy (non-hydrogen) atoms. The number of hydrogen-bond donors (Lipinski definition) is 2. The molecule has 0 unspecified atom stereocenters. The molecule has 0 aromatic heterocycles. The first-order chi connectivity index (χ1) is 19.7. The number of rotatable bonds is 6. The molecule has 3 amide bonds. The maximum Gasteiger partial charge on any atom is 0.246 e. The molecule has 11 atom stereocenters. The molecule has 3 heterocycles. The minimum Gasteiger partial charge on any atom is -0.497 e. The molecule has 8 nitrogen and oxygen atoms in total. The third kappa shape index (κ3) is 4.57. The second-order valence-electron chi connectivity index (χ2n) is 13.4. The van der Waals surface area contributed by atoms with E-state index in [0.717, 1.165) is 32.1 Å². The molecule has 2 saturated carbocycles. The summed E-state index contributed by atoms with van der Waals surface area (Å²) in [4.78, 5) is 44.6. The molecule has 2 aliphatic carbocycles. The van der Waals surface area contributed by atoms with Gasteiger partial charge >= 0.3 is 0 Å². The summed E-state index contributed by atoms with van der Waals surface area (Å²) >= 11 is 0. The molecule has 2 saturated heterocycles. The Balaban J connectivity index is 1.33. The summed E-state index contributed by atoms with van der Waals surface area (Å²) in [5, 5.41) is 6.38. The molecule has 1 spiro atoms. The first kappa shape index (κ1) is 28.3. The normalized spacial score (nSPS) is 41.3. The summed E-state index contributed by atoms with van der Waals surface area (Å²) in [6.07, 6.45) is 9.46. The van der Waals surface area contributed by atoms with E-state index in [1.807, 2.05) is 17.1 Å². The van der Waals surface area contributed by atoms with E-state index in [0.29, 0.717) is 29.2 Å².